The van der Waals surface area contributed by atoms with E-state index < -0.39 is 17.5 Å². The summed E-state index contributed by atoms with van der Waals surface area (Å²) < 4.78 is 26.7. The third-order valence-corrected chi connectivity index (χ3v) is 2.53. The minimum Gasteiger partial charge on any atom is -0.380 e. The largest absolute Gasteiger partial charge is 0.380 e. The van der Waals surface area contributed by atoms with Crippen LogP contribution < -0.4 is 11.1 Å². The highest BCUT2D eigenvalue weighted by Gasteiger charge is 2.14. The smallest absolute Gasteiger partial charge is 0.251 e. The molecule has 18 heavy (non-hydrogen) atoms. The molecule has 0 fully saturated rings. The van der Waals surface area contributed by atoms with Gasteiger partial charge in [-0.1, -0.05) is 6.08 Å². The maximum absolute atomic E-state index is 13.5. The summed E-state index contributed by atoms with van der Waals surface area (Å²) in [6.07, 6.45) is 3.29. The molecule has 3 nitrogen and oxygen atoms in total. The molecular formula is C13H16F2N2O. The number of allylic oxidation sites excluding steroid dienone is 1. The molecule has 0 heterocycles. The first kappa shape index (κ1) is 14.2. The fourth-order valence-electron chi connectivity index (χ4n) is 1.55. The zero-order chi connectivity index (χ0) is 13.7. The van der Waals surface area contributed by atoms with Crippen LogP contribution in [0.5, 0.6) is 0 Å². The van der Waals surface area contributed by atoms with Crippen molar-refractivity contribution in [1.29, 1.82) is 0 Å². The van der Waals surface area contributed by atoms with Gasteiger partial charge in [-0.25, -0.2) is 8.78 Å². The standard InChI is InChI=1S/C13H16F2N2O/c1-3-4-5-8(2)17-12-6-9(13(16)18)10(14)7-11(12)15/h3,6-8,17H,1,4-5H2,2H3,(H2,16,18). The summed E-state index contributed by atoms with van der Waals surface area (Å²) >= 11 is 0. The van der Waals surface area contributed by atoms with E-state index in [1.807, 2.05) is 6.92 Å². The first-order chi connectivity index (χ1) is 8.45. The van der Waals surface area contributed by atoms with Gasteiger partial charge in [0, 0.05) is 12.1 Å². The molecule has 0 spiro atoms. The zero-order valence-electron chi connectivity index (χ0n) is 10.2. The number of halogens is 2. The summed E-state index contributed by atoms with van der Waals surface area (Å²) in [5.41, 5.74) is 4.75. The Hall–Kier alpha value is -1.91. The normalized spacial score (nSPS) is 11.9. The van der Waals surface area contributed by atoms with Crippen molar-refractivity contribution in [2.24, 2.45) is 5.73 Å². The molecule has 0 saturated carbocycles. The summed E-state index contributed by atoms with van der Waals surface area (Å²) in [7, 11) is 0. The van der Waals surface area contributed by atoms with Crippen molar-refractivity contribution in [2.45, 2.75) is 25.8 Å². The van der Waals surface area contributed by atoms with Gasteiger partial charge in [-0.15, -0.1) is 6.58 Å². The number of primary amides is 1. The fraction of sp³-hybridized carbons (Fsp3) is 0.308. The van der Waals surface area contributed by atoms with Crippen LogP contribution in [0.3, 0.4) is 0 Å². The zero-order valence-corrected chi connectivity index (χ0v) is 10.2. The van der Waals surface area contributed by atoms with Gasteiger partial charge in [0.05, 0.1) is 11.3 Å². The summed E-state index contributed by atoms with van der Waals surface area (Å²) in [5.74, 6) is -2.62. The van der Waals surface area contributed by atoms with Gasteiger partial charge >= 0.3 is 0 Å². The van der Waals surface area contributed by atoms with E-state index >= 15 is 0 Å². The van der Waals surface area contributed by atoms with Crippen molar-refractivity contribution in [1.82, 2.24) is 0 Å². The van der Waals surface area contributed by atoms with E-state index in [9.17, 15) is 13.6 Å². The van der Waals surface area contributed by atoms with Gasteiger partial charge in [-0.2, -0.15) is 0 Å². The van der Waals surface area contributed by atoms with Gasteiger partial charge in [0.15, 0.2) is 0 Å². The second kappa shape index (κ2) is 6.14. The first-order valence-corrected chi connectivity index (χ1v) is 5.62. The average molecular weight is 254 g/mol. The monoisotopic (exact) mass is 254 g/mol. The summed E-state index contributed by atoms with van der Waals surface area (Å²) in [6, 6.07) is 1.73. The number of hydrogen-bond donors (Lipinski definition) is 2. The molecule has 0 aliphatic heterocycles. The summed E-state index contributed by atoms with van der Waals surface area (Å²) in [6.45, 7) is 5.45. The molecule has 1 aromatic rings. The Morgan fingerprint density at radius 3 is 2.72 bits per heavy atom. The highest BCUT2D eigenvalue weighted by Crippen LogP contribution is 2.20. The lowest BCUT2D eigenvalue weighted by molar-refractivity contribution is 0.0996. The molecule has 5 heteroatoms. The number of nitrogens with one attached hydrogen (secondary N) is 1. The predicted octanol–water partition coefficient (Wildman–Crippen LogP) is 2.83. The molecule has 3 N–H and O–H groups in total. The van der Waals surface area contributed by atoms with Crippen molar-refractivity contribution in [3.8, 4) is 0 Å². The third-order valence-electron chi connectivity index (χ3n) is 2.53. The SMILES string of the molecule is C=CCCC(C)Nc1cc(C(N)=O)c(F)cc1F. The lowest BCUT2D eigenvalue weighted by atomic mass is 10.1. The van der Waals surface area contributed by atoms with Crippen molar-refractivity contribution in [2.75, 3.05) is 5.32 Å². The number of hydrogen-bond acceptors (Lipinski definition) is 2. The minimum absolute atomic E-state index is 0.0244. The molecule has 1 atom stereocenters. The summed E-state index contributed by atoms with van der Waals surface area (Å²) in [5, 5.41) is 2.87. The second-order valence-electron chi connectivity index (χ2n) is 4.09. The molecule has 0 aromatic heterocycles. The van der Waals surface area contributed by atoms with Crippen LogP contribution in [0, 0.1) is 11.6 Å². The van der Waals surface area contributed by atoms with Gasteiger partial charge in [0.1, 0.15) is 11.6 Å². The van der Waals surface area contributed by atoms with Gasteiger partial charge in [-0.3, -0.25) is 4.79 Å². The van der Waals surface area contributed by atoms with E-state index in [0.29, 0.717) is 6.07 Å². The molecule has 98 valence electrons. The Labute approximate surface area is 105 Å². The highest BCUT2D eigenvalue weighted by atomic mass is 19.1. The maximum Gasteiger partial charge on any atom is 0.251 e. The predicted molar refractivity (Wildman–Crippen MR) is 67.4 cm³/mol. The molecule has 1 aromatic carbocycles. The molecule has 0 radical (unpaired) electrons. The third kappa shape index (κ3) is 3.55. The number of carbonyl (C=O) groups is 1. The van der Waals surface area contributed by atoms with Crippen LogP contribution in [-0.2, 0) is 0 Å². The number of anilines is 1. The van der Waals surface area contributed by atoms with Crippen LogP contribution >= 0.6 is 0 Å². The molecule has 0 aliphatic carbocycles. The Morgan fingerprint density at radius 1 is 1.50 bits per heavy atom. The van der Waals surface area contributed by atoms with Gasteiger partial charge in [-0.05, 0) is 25.8 Å². The Bertz CT molecular complexity index is 461. The fourth-order valence-corrected chi connectivity index (χ4v) is 1.55. The van der Waals surface area contributed by atoms with Crippen LogP contribution in [-0.4, -0.2) is 11.9 Å². The van der Waals surface area contributed by atoms with Crippen molar-refractivity contribution < 1.29 is 13.6 Å². The number of rotatable bonds is 6. The topological polar surface area (TPSA) is 55.1 Å². The molecule has 0 aliphatic rings. The number of nitrogens with two attached hydrogens (primary N) is 1. The van der Waals surface area contributed by atoms with E-state index in [2.05, 4.69) is 11.9 Å². The molecular weight excluding hydrogens is 238 g/mol. The quantitative estimate of drug-likeness (QED) is 0.767. The van der Waals surface area contributed by atoms with Crippen LogP contribution in [0.15, 0.2) is 24.8 Å². The Kier molecular flexibility index (Phi) is 4.83. The summed E-state index contributed by atoms with van der Waals surface area (Å²) in [4.78, 5) is 11.0. The first-order valence-electron chi connectivity index (χ1n) is 5.62. The van der Waals surface area contributed by atoms with E-state index in [1.165, 1.54) is 0 Å². The van der Waals surface area contributed by atoms with Crippen molar-refractivity contribution in [3.63, 3.8) is 0 Å². The average Bonchev–Trinajstić information content (AvgIpc) is 2.29. The lowest BCUT2D eigenvalue weighted by Crippen LogP contribution is -2.18. The molecule has 0 saturated heterocycles. The van der Waals surface area contributed by atoms with Gasteiger partial charge in [0.2, 0.25) is 0 Å². The van der Waals surface area contributed by atoms with E-state index in [-0.39, 0.29) is 17.3 Å². The van der Waals surface area contributed by atoms with Crippen molar-refractivity contribution >= 4 is 11.6 Å². The van der Waals surface area contributed by atoms with E-state index in [4.69, 9.17) is 5.73 Å². The number of carbonyl (C=O) groups excluding carboxylic acids is 1. The molecule has 1 rings (SSSR count). The Morgan fingerprint density at radius 2 is 2.17 bits per heavy atom. The van der Waals surface area contributed by atoms with Crippen LogP contribution in [0.1, 0.15) is 30.1 Å². The molecule has 1 amide bonds. The maximum atomic E-state index is 13.5. The number of amides is 1. The second-order valence-corrected chi connectivity index (χ2v) is 4.09. The van der Waals surface area contributed by atoms with E-state index in [1.54, 1.807) is 6.08 Å². The van der Waals surface area contributed by atoms with Crippen LogP contribution in [0.2, 0.25) is 0 Å². The highest BCUT2D eigenvalue weighted by molar-refractivity contribution is 5.94. The molecule has 1 unspecified atom stereocenters. The lowest BCUT2D eigenvalue weighted by Gasteiger charge is -2.15. The minimum atomic E-state index is -0.954. The van der Waals surface area contributed by atoms with Crippen LogP contribution in [0.25, 0.3) is 0 Å². The number of benzene rings is 1. The van der Waals surface area contributed by atoms with Crippen LogP contribution in [0.4, 0.5) is 14.5 Å². The Balaban J connectivity index is 2.91. The van der Waals surface area contributed by atoms with Crippen molar-refractivity contribution in [3.05, 3.63) is 42.0 Å². The van der Waals surface area contributed by atoms with E-state index in [0.717, 1.165) is 18.9 Å². The molecule has 0 bridgehead atoms. The van der Waals surface area contributed by atoms with Gasteiger partial charge in [0.25, 0.3) is 5.91 Å². The van der Waals surface area contributed by atoms with Gasteiger partial charge < -0.3 is 11.1 Å².